The second-order valence-corrected chi connectivity index (χ2v) is 16.9. The van der Waals surface area contributed by atoms with Gasteiger partial charge in [0, 0.05) is 0 Å². The molecule has 0 N–H and O–H groups in total. The Bertz CT molecular complexity index is 3370. The van der Waals surface area contributed by atoms with Crippen LogP contribution in [0.3, 0.4) is 0 Å². The quantitative estimate of drug-likeness (QED) is 0.0884. The Balaban J connectivity index is 1.30. The van der Waals surface area contributed by atoms with Gasteiger partial charge in [-0.15, -0.1) is 0 Å². The molecule has 0 amide bonds. The summed E-state index contributed by atoms with van der Waals surface area (Å²) in [6, 6.07) is 24.9. The van der Waals surface area contributed by atoms with Gasteiger partial charge < -0.3 is 28.4 Å². The van der Waals surface area contributed by atoms with Crippen LogP contribution in [0.15, 0.2) is 109 Å². The first-order valence-corrected chi connectivity index (χ1v) is 21.3. The topological polar surface area (TPSA) is 260 Å². The highest BCUT2D eigenvalue weighted by Gasteiger charge is 2.40. The average Bonchev–Trinajstić information content (AvgIpc) is 4.17. The van der Waals surface area contributed by atoms with Crippen LogP contribution in [0.2, 0.25) is 0 Å². The summed E-state index contributed by atoms with van der Waals surface area (Å²) in [5.74, 6) is -11.8. The van der Waals surface area contributed by atoms with Crippen molar-refractivity contribution in [1.29, 1.82) is 0 Å². The summed E-state index contributed by atoms with van der Waals surface area (Å²) in [5.41, 5.74) is -0.376. The summed E-state index contributed by atoms with van der Waals surface area (Å²) in [6.45, 7) is 0. The average molecular weight is 955 g/mol. The molecule has 72 heavy (non-hydrogen) atoms. The van der Waals surface area contributed by atoms with Crippen molar-refractivity contribution >= 4 is 71.6 Å². The molecule has 13 rings (SSSR count). The molecule has 0 bridgehead atoms. The fourth-order valence-electron chi connectivity index (χ4n) is 9.93. The van der Waals surface area contributed by atoms with Crippen LogP contribution in [0.5, 0.6) is 0 Å². The fourth-order valence-corrected chi connectivity index (χ4v) is 9.93. The van der Waals surface area contributed by atoms with Gasteiger partial charge in [-0.25, -0.2) is 57.5 Å². The van der Waals surface area contributed by atoms with Crippen molar-refractivity contribution in [2.24, 2.45) is 0 Å². The Morgan fingerprint density at radius 3 is 0.431 bits per heavy atom. The van der Waals surface area contributed by atoms with Crippen molar-refractivity contribution in [3.8, 4) is 66.8 Å². The smallest absolute Gasteiger partial charge is 0.346 e. The number of rotatable bonds is 6. The van der Waals surface area contributed by atoms with Crippen molar-refractivity contribution in [3.05, 3.63) is 176 Å². The molecule has 0 radical (unpaired) electrons. The Morgan fingerprint density at radius 2 is 0.292 bits per heavy atom. The summed E-state index contributed by atoms with van der Waals surface area (Å²) < 4.78 is 29.9. The lowest BCUT2D eigenvalue weighted by Crippen LogP contribution is -2.06. The van der Waals surface area contributed by atoms with Crippen LogP contribution in [0.25, 0.3) is 66.8 Å². The van der Waals surface area contributed by atoms with E-state index in [1.165, 1.54) is 109 Å². The Morgan fingerprint density at radius 1 is 0.167 bits per heavy atom. The third-order valence-corrected chi connectivity index (χ3v) is 13.1. The van der Waals surface area contributed by atoms with E-state index >= 15 is 0 Å². The molecule has 342 valence electrons. The molecule has 0 unspecified atom stereocenters. The second-order valence-electron chi connectivity index (χ2n) is 16.9. The van der Waals surface area contributed by atoms with E-state index in [1.807, 2.05) is 0 Å². The molecule has 7 aromatic rings. The van der Waals surface area contributed by atoms with Gasteiger partial charge in [-0.05, 0) is 140 Å². The Labute approximate surface area is 399 Å². The molecule has 0 fully saturated rings. The molecule has 0 aliphatic carbocycles. The molecular weight excluding hydrogens is 937 g/mol. The number of carbonyl (C=O) groups excluding carboxylic acids is 12. The zero-order chi connectivity index (χ0) is 49.8. The van der Waals surface area contributed by atoms with Crippen molar-refractivity contribution < 1.29 is 86.0 Å². The van der Waals surface area contributed by atoms with Crippen LogP contribution in [0.1, 0.15) is 124 Å². The second kappa shape index (κ2) is 14.5. The minimum Gasteiger partial charge on any atom is -0.386 e. The first kappa shape index (κ1) is 41.6. The lowest BCUT2D eigenvalue weighted by atomic mass is 9.73. The molecule has 6 aliphatic rings. The van der Waals surface area contributed by atoms with E-state index in [-0.39, 0.29) is 134 Å². The van der Waals surface area contributed by atoms with Crippen molar-refractivity contribution in [3.63, 3.8) is 0 Å². The molecule has 6 heterocycles. The van der Waals surface area contributed by atoms with Crippen LogP contribution >= 0.6 is 0 Å². The van der Waals surface area contributed by atoms with Crippen LogP contribution in [0.4, 0.5) is 0 Å². The Hall–Kier alpha value is -10.6. The minimum absolute atomic E-state index is 0.100. The number of benzene rings is 7. The van der Waals surface area contributed by atoms with E-state index in [0.29, 0.717) is 0 Å². The normalized spacial score (nSPS) is 15.7. The summed E-state index contributed by atoms with van der Waals surface area (Å²) in [4.78, 5) is 158. The van der Waals surface area contributed by atoms with Crippen molar-refractivity contribution in [2.75, 3.05) is 0 Å². The molecule has 7 aromatic carbocycles. The SMILES string of the molecule is O=C1OC(=O)c2cc(-c3c(-c4ccc5c(c4)C(=O)OC5=O)c(-c4ccc5c(c4)C(=O)OC5=O)c(-c4ccc5c(c4)C(=O)OC5=O)c(-c4ccc5c(c4)C(=O)OC5=O)c3-c3ccc4c(c3)C(=O)OC4=O)ccc21. The van der Waals surface area contributed by atoms with Crippen LogP contribution < -0.4 is 0 Å². The maximum Gasteiger partial charge on any atom is 0.346 e. The van der Waals surface area contributed by atoms with Gasteiger partial charge >= 0.3 is 71.6 Å². The third-order valence-electron chi connectivity index (χ3n) is 13.1. The number of hydrogen-bond donors (Lipinski definition) is 0. The highest BCUT2D eigenvalue weighted by atomic mass is 16.6. The van der Waals surface area contributed by atoms with E-state index in [2.05, 4.69) is 0 Å². The summed E-state index contributed by atoms with van der Waals surface area (Å²) >= 11 is 0. The number of esters is 12. The fraction of sp³-hybridized carbons (Fsp3) is 0. The van der Waals surface area contributed by atoms with Gasteiger partial charge in [0.2, 0.25) is 0 Å². The van der Waals surface area contributed by atoms with Gasteiger partial charge in [0.15, 0.2) is 0 Å². The monoisotopic (exact) mass is 954 g/mol. The molecule has 0 atom stereocenters. The predicted octanol–water partition coefficient (Wildman–Crippen LogP) is 7.55. The predicted molar refractivity (Wildman–Crippen MR) is 238 cm³/mol. The molecule has 0 spiro atoms. The van der Waals surface area contributed by atoms with Crippen LogP contribution in [-0.4, -0.2) is 71.6 Å². The zero-order valence-corrected chi connectivity index (χ0v) is 35.7. The molecule has 0 saturated heterocycles. The van der Waals surface area contributed by atoms with E-state index < -0.39 is 71.6 Å². The number of ether oxygens (including phenoxy) is 6. The lowest BCUT2D eigenvalue weighted by molar-refractivity contribution is 0.0425. The maximum absolute atomic E-state index is 13.4. The van der Waals surface area contributed by atoms with Crippen molar-refractivity contribution in [2.45, 2.75) is 0 Å². The summed E-state index contributed by atoms with van der Waals surface area (Å²) in [5, 5.41) is 0. The highest BCUT2D eigenvalue weighted by molar-refractivity contribution is 6.24. The van der Waals surface area contributed by atoms with E-state index in [1.54, 1.807) is 0 Å². The van der Waals surface area contributed by atoms with Gasteiger partial charge in [-0.1, -0.05) is 36.4 Å². The molecule has 0 aromatic heterocycles. The summed E-state index contributed by atoms with van der Waals surface area (Å²) in [7, 11) is 0. The Kier molecular flexibility index (Phi) is 8.34. The van der Waals surface area contributed by atoms with E-state index in [4.69, 9.17) is 28.4 Å². The van der Waals surface area contributed by atoms with Gasteiger partial charge in [-0.3, -0.25) is 0 Å². The number of cyclic esters (lactones) is 12. The maximum atomic E-state index is 13.4. The van der Waals surface area contributed by atoms with Crippen LogP contribution in [0, 0.1) is 0 Å². The molecule has 18 heteroatoms. The van der Waals surface area contributed by atoms with Crippen LogP contribution in [-0.2, 0) is 28.4 Å². The minimum atomic E-state index is -1.02. The number of carbonyl (C=O) groups is 12. The van der Waals surface area contributed by atoms with Gasteiger partial charge in [0.1, 0.15) is 0 Å². The molecule has 0 saturated carbocycles. The highest BCUT2D eigenvalue weighted by Crippen LogP contribution is 2.57. The van der Waals surface area contributed by atoms with Gasteiger partial charge in [0.05, 0.1) is 66.8 Å². The standard InChI is InChI=1S/C54H18O18/c55-43-25-7-1-19(13-31(25)49(61)67-43)37-38(20-2-8-26-32(14-20)50(62)68-44(26)56)40(22-4-10-28-34(16-22)52(64)70-46(28)58)42(24-6-12-30-36(18-24)54(66)72-48(30)60)41(23-5-11-29-35(17-23)53(65)71-47(29)59)39(37)21-3-9-27-33(15-21)51(63)69-45(27)57/h1-18H. The first-order chi connectivity index (χ1) is 34.6. The summed E-state index contributed by atoms with van der Waals surface area (Å²) in [6.07, 6.45) is 0. The van der Waals surface area contributed by atoms with Gasteiger partial charge in [-0.2, -0.15) is 0 Å². The van der Waals surface area contributed by atoms with Crippen molar-refractivity contribution in [1.82, 2.24) is 0 Å². The largest absolute Gasteiger partial charge is 0.386 e. The van der Waals surface area contributed by atoms with Gasteiger partial charge in [0.25, 0.3) is 0 Å². The van der Waals surface area contributed by atoms with E-state index in [0.717, 1.165) is 0 Å². The zero-order valence-electron chi connectivity index (χ0n) is 35.7. The molecular formula is C54H18O18. The lowest BCUT2D eigenvalue weighted by Gasteiger charge is -2.29. The molecule has 6 aliphatic heterocycles. The third kappa shape index (κ3) is 5.76. The first-order valence-electron chi connectivity index (χ1n) is 21.3. The number of hydrogen-bond acceptors (Lipinski definition) is 18. The number of fused-ring (bicyclic) bond motifs is 6. The van der Waals surface area contributed by atoms with E-state index in [9.17, 15) is 57.5 Å². The molecule has 18 nitrogen and oxygen atoms in total.